The molecule has 0 saturated heterocycles. The van der Waals surface area contributed by atoms with E-state index in [-0.39, 0.29) is 0 Å². The molecule has 0 bridgehead atoms. The second-order valence-electron chi connectivity index (χ2n) is 2.46. The fraction of sp³-hybridized carbons (Fsp3) is 0.375. The van der Waals surface area contributed by atoms with Crippen LogP contribution in [0.3, 0.4) is 0 Å². The molecule has 1 aromatic rings. The number of pyridine rings is 1. The molecule has 0 aliphatic heterocycles. The zero-order chi connectivity index (χ0) is 8.43. The van der Waals surface area contributed by atoms with Crippen molar-refractivity contribution in [1.82, 2.24) is 4.98 Å². The zero-order valence-electron chi connectivity index (χ0n) is 6.69. The van der Waals surface area contributed by atoms with E-state index in [9.17, 15) is 0 Å². The van der Waals surface area contributed by atoms with E-state index in [1.807, 2.05) is 13.0 Å². The van der Waals surface area contributed by atoms with Crippen LogP contribution in [0.2, 0.25) is 0 Å². The van der Waals surface area contributed by atoms with Gasteiger partial charge in [0.1, 0.15) is 5.82 Å². The first kappa shape index (κ1) is 8.77. The Balaban J connectivity index is 3.24. The van der Waals surface area contributed by atoms with E-state index in [0.717, 1.165) is 12.1 Å². The lowest BCUT2D eigenvalue weighted by Crippen LogP contribution is -1.98. The van der Waals surface area contributed by atoms with Crippen LogP contribution in [0.1, 0.15) is 18.2 Å². The zero-order valence-corrected chi connectivity index (χ0v) is 8.84. The largest absolute Gasteiger partial charge is 0.384 e. The minimum Gasteiger partial charge on any atom is -0.384 e. The van der Waals surface area contributed by atoms with Crippen LogP contribution in [0.25, 0.3) is 0 Å². The van der Waals surface area contributed by atoms with Crippen LogP contribution < -0.4 is 5.73 Å². The molecule has 1 rings (SSSR count). The fourth-order valence-corrected chi connectivity index (χ4v) is 1.66. The Morgan fingerprint density at radius 1 is 1.64 bits per heavy atom. The summed E-state index contributed by atoms with van der Waals surface area (Å²) in [6.07, 6.45) is 1.02. The number of aromatic nitrogens is 1. The van der Waals surface area contributed by atoms with Crippen molar-refractivity contribution in [2.75, 3.05) is 5.73 Å². The molecule has 0 aromatic carbocycles. The molecule has 0 unspecified atom stereocenters. The van der Waals surface area contributed by atoms with Crippen molar-refractivity contribution in [3.05, 3.63) is 20.9 Å². The van der Waals surface area contributed by atoms with E-state index in [1.54, 1.807) is 0 Å². The van der Waals surface area contributed by atoms with Gasteiger partial charge in [-0.05, 0) is 47.6 Å². The van der Waals surface area contributed by atoms with Crippen molar-refractivity contribution in [3.63, 3.8) is 0 Å². The summed E-state index contributed by atoms with van der Waals surface area (Å²) in [5, 5.41) is 0. The Morgan fingerprint density at radius 2 is 2.27 bits per heavy atom. The van der Waals surface area contributed by atoms with Gasteiger partial charge in [-0.1, -0.05) is 6.92 Å². The van der Waals surface area contributed by atoms with E-state index in [0.29, 0.717) is 5.82 Å². The number of nitrogens with zero attached hydrogens (tertiary/aromatic N) is 1. The molecule has 1 aromatic heterocycles. The Labute approximate surface area is 80.3 Å². The van der Waals surface area contributed by atoms with Gasteiger partial charge in [-0.3, -0.25) is 0 Å². The molecular formula is C8H11IN2. The van der Waals surface area contributed by atoms with E-state index >= 15 is 0 Å². The van der Waals surface area contributed by atoms with Gasteiger partial charge in [-0.15, -0.1) is 0 Å². The third kappa shape index (κ3) is 1.83. The van der Waals surface area contributed by atoms with E-state index in [2.05, 4.69) is 34.5 Å². The number of rotatable bonds is 1. The van der Waals surface area contributed by atoms with Gasteiger partial charge < -0.3 is 5.73 Å². The topological polar surface area (TPSA) is 38.9 Å². The number of hydrogen-bond acceptors (Lipinski definition) is 2. The maximum Gasteiger partial charge on any atom is 0.123 e. The molecule has 11 heavy (non-hydrogen) atoms. The maximum atomic E-state index is 5.59. The van der Waals surface area contributed by atoms with Gasteiger partial charge in [-0.2, -0.15) is 0 Å². The normalized spacial score (nSPS) is 10.1. The second-order valence-corrected chi connectivity index (χ2v) is 3.54. The first-order valence-corrected chi connectivity index (χ1v) is 4.64. The molecular weight excluding hydrogens is 251 g/mol. The summed E-state index contributed by atoms with van der Waals surface area (Å²) >= 11 is 2.30. The number of anilines is 1. The molecule has 0 radical (unpaired) electrons. The van der Waals surface area contributed by atoms with Crippen molar-refractivity contribution in [1.29, 1.82) is 0 Å². The lowest BCUT2D eigenvalue weighted by atomic mass is 10.2. The number of aryl methyl sites for hydroxylation is 2. The molecule has 0 amide bonds. The molecule has 2 nitrogen and oxygen atoms in total. The highest BCUT2D eigenvalue weighted by Crippen LogP contribution is 2.17. The molecule has 60 valence electrons. The number of hydrogen-bond donors (Lipinski definition) is 1. The summed E-state index contributed by atoms with van der Waals surface area (Å²) in [6, 6.07) is 1.94. The molecule has 1 heterocycles. The molecule has 0 spiro atoms. The van der Waals surface area contributed by atoms with Gasteiger partial charge in [0.05, 0.1) is 5.69 Å². The molecule has 0 atom stereocenters. The van der Waals surface area contributed by atoms with E-state index in [1.165, 1.54) is 9.13 Å². The predicted molar refractivity (Wildman–Crippen MR) is 55.5 cm³/mol. The summed E-state index contributed by atoms with van der Waals surface area (Å²) in [4.78, 5) is 4.15. The van der Waals surface area contributed by atoms with Gasteiger partial charge in [0, 0.05) is 3.57 Å². The standard InChI is InChI=1S/C8H11IN2/c1-3-6-4-7(10)11-5(2)8(6)9/h4H,3H2,1-2H3,(H2,10,11). The second kappa shape index (κ2) is 3.38. The monoisotopic (exact) mass is 262 g/mol. The molecule has 0 fully saturated rings. The highest BCUT2D eigenvalue weighted by atomic mass is 127. The van der Waals surface area contributed by atoms with Gasteiger partial charge in [0.25, 0.3) is 0 Å². The van der Waals surface area contributed by atoms with Crippen LogP contribution in [-0.2, 0) is 6.42 Å². The van der Waals surface area contributed by atoms with Crippen LogP contribution in [-0.4, -0.2) is 4.98 Å². The van der Waals surface area contributed by atoms with Crippen LogP contribution in [0, 0.1) is 10.5 Å². The third-order valence-corrected chi connectivity index (χ3v) is 3.07. The number of nitrogens with two attached hydrogens (primary N) is 1. The predicted octanol–water partition coefficient (Wildman–Crippen LogP) is 2.14. The van der Waals surface area contributed by atoms with Crippen LogP contribution in [0.4, 0.5) is 5.82 Å². The highest BCUT2D eigenvalue weighted by molar-refractivity contribution is 14.1. The minimum absolute atomic E-state index is 0.625. The highest BCUT2D eigenvalue weighted by Gasteiger charge is 2.02. The molecule has 0 aliphatic rings. The third-order valence-electron chi connectivity index (χ3n) is 1.60. The Hall–Kier alpha value is -0.320. The van der Waals surface area contributed by atoms with E-state index in [4.69, 9.17) is 5.73 Å². The Bertz CT molecular complexity index is 271. The average molecular weight is 262 g/mol. The summed E-state index contributed by atoms with van der Waals surface area (Å²) in [6.45, 7) is 4.10. The smallest absolute Gasteiger partial charge is 0.123 e. The van der Waals surface area contributed by atoms with Crippen molar-refractivity contribution in [2.24, 2.45) is 0 Å². The Kier molecular flexibility index (Phi) is 2.70. The van der Waals surface area contributed by atoms with Crippen LogP contribution in [0.15, 0.2) is 6.07 Å². The van der Waals surface area contributed by atoms with Crippen molar-refractivity contribution >= 4 is 28.4 Å². The summed E-state index contributed by atoms with van der Waals surface area (Å²) < 4.78 is 1.24. The van der Waals surface area contributed by atoms with E-state index < -0.39 is 0 Å². The lowest BCUT2D eigenvalue weighted by molar-refractivity contribution is 1.07. The van der Waals surface area contributed by atoms with Gasteiger partial charge in [0.15, 0.2) is 0 Å². The molecule has 0 saturated carbocycles. The lowest BCUT2D eigenvalue weighted by Gasteiger charge is -2.04. The Morgan fingerprint density at radius 3 is 2.82 bits per heavy atom. The van der Waals surface area contributed by atoms with Gasteiger partial charge in [-0.25, -0.2) is 4.98 Å². The van der Waals surface area contributed by atoms with Crippen LogP contribution >= 0.6 is 22.6 Å². The number of nitrogen functional groups attached to an aromatic ring is 1. The first-order valence-electron chi connectivity index (χ1n) is 3.56. The summed E-state index contributed by atoms with van der Waals surface area (Å²) in [7, 11) is 0. The van der Waals surface area contributed by atoms with Crippen molar-refractivity contribution in [2.45, 2.75) is 20.3 Å². The summed E-state index contributed by atoms with van der Waals surface area (Å²) in [5.74, 6) is 0.625. The average Bonchev–Trinajstić information content (AvgIpc) is 1.96. The quantitative estimate of drug-likeness (QED) is 0.787. The SMILES string of the molecule is CCc1cc(N)nc(C)c1I. The van der Waals surface area contributed by atoms with Crippen molar-refractivity contribution < 1.29 is 0 Å². The van der Waals surface area contributed by atoms with Gasteiger partial charge in [0.2, 0.25) is 0 Å². The number of halogens is 1. The maximum absolute atomic E-state index is 5.59. The molecule has 0 aliphatic carbocycles. The fourth-order valence-electron chi connectivity index (χ4n) is 1.01. The summed E-state index contributed by atoms with van der Waals surface area (Å²) in [5.41, 5.74) is 7.91. The van der Waals surface area contributed by atoms with Gasteiger partial charge >= 0.3 is 0 Å². The van der Waals surface area contributed by atoms with Crippen molar-refractivity contribution in [3.8, 4) is 0 Å². The minimum atomic E-state index is 0.625. The first-order chi connectivity index (χ1) is 5.15. The molecule has 3 heteroatoms. The molecule has 2 N–H and O–H groups in total. The van der Waals surface area contributed by atoms with Crippen LogP contribution in [0.5, 0.6) is 0 Å².